The number of aromatic nitrogens is 1. The summed E-state index contributed by atoms with van der Waals surface area (Å²) in [6.45, 7) is 2.41. The van der Waals surface area contributed by atoms with Crippen molar-refractivity contribution < 1.29 is 5.11 Å². The lowest BCUT2D eigenvalue weighted by Gasteiger charge is -2.33. The molecule has 0 aromatic carbocycles. The van der Waals surface area contributed by atoms with Crippen LogP contribution in [0.2, 0.25) is 0 Å². The van der Waals surface area contributed by atoms with Gasteiger partial charge >= 0.3 is 0 Å². The van der Waals surface area contributed by atoms with Crippen molar-refractivity contribution in [3.05, 3.63) is 17.3 Å². The summed E-state index contributed by atoms with van der Waals surface area (Å²) in [6, 6.07) is 0.228. The third-order valence-corrected chi connectivity index (χ3v) is 4.48. The van der Waals surface area contributed by atoms with Crippen LogP contribution in [0.3, 0.4) is 0 Å². The number of hydrogen-bond acceptors (Lipinski definition) is 3. The summed E-state index contributed by atoms with van der Waals surface area (Å²) < 4.78 is 0. The Labute approximate surface area is 108 Å². The predicted octanol–water partition coefficient (Wildman–Crippen LogP) is 1.22. The molecule has 0 bridgehead atoms. The summed E-state index contributed by atoms with van der Waals surface area (Å²) in [6.07, 6.45) is 6.97. The van der Waals surface area contributed by atoms with Gasteiger partial charge in [-0.05, 0) is 43.4 Å². The highest BCUT2D eigenvalue weighted by molar-refractivity contribution is 5.54. The monoisotopic (exact) mass is 249 g/mol. The largest absolute Gasteiger partial charge is 0.395 e. The van der Waals surface area contributed by atoms with Crippen molar-refractivity contribution in [2.45, 2.75) is 37.6 Å². The summed E-state index contributed by atoms with van der Waals surface area (Å²) >= 11 is 0. The SMILES string of the molecule is CN1CCCc2c(C3CCCNC3CO)c[nH]c21. The predicted molar refractivity (Wildman–Crippen MR) is 73.2 cm³/mol. The number of fused-ring (bicyclic) bond motifs is 1. The molecule has 2 aliphatic heterocycles. The van der Waals surface area contributed by atoms with E-state index in [1.54, 1.807) is 0 Å². The Balaban J connectivity index is 1.91. The van der Waals surface area contributed by atoms with Gasteiger partial charge in [0.05, 0.1) is 6.61 Å². The molecule has 3 rings (SSSR count). The van der Waals surface area contributed by atoms with Crippen LogP contribution in [0.5, 0.6) is 0 Å². The van der Waals surface area contributed by atoms with E-state index in [0.29, 0.717) is 5.92 Å². The number of piperidine rings is 1. The summed E-state index contributed by atoms with van der Waals surface area (Å²) in [5.74, 6) is 1.76. The van der Waals surface area contributed by atoms with E-state index in [-0.39, 0.29) is 12.6 Å². The number of anilines is 1. The van der Waals surface area contributed by atoms with E-state index in [4.69, 9.17) is 0 Å². The number of aromatic amines is 1. The van der Waals surface area contributed by atoms with E-state index in [1.165, 1.54) is 42.6 Å². The maximum atomic E-state index is 9.53. The molecule has 2 unspecified atom stereocenters. The number of aliphatic hydroxyl groups is 1. The molecule has 0 aliphatic carbocycles. The maximum absolute atomic E-state index is 9.53. The van der Waals surface area contributed by atoms with E-state index >= 15 is 0 Å². The molecule has 3 N–H and O–H groups in total. The highest BCUT2D eigenvalue weighted by Crippen LogP contribution is 2.36. The minimum atomic E-state index is 0.228. The molecule has 3 heterocycles. The molecule has 1 aromatic rings. The van der Waals surface area contributed by atoms with Crippen molar-refractivity contribution in [3.8, 4) is 0 Å². The second-order valence-corrected chi connectivity index (χ2v) is 5.59. The molecule has 1 saturated heterocycles. The molecule has 4 heteroatoms. The molecule has 1 aromatic heterocycles. The Morgan fingerprint density at radius 1 is 1.44 bits per heavy atom. The van der Waals surface area contributed by atoms with Crippen LogP contribution >= 0.6 is 0 Å². The van der Waals surface area contributed by atoms with Crippen LogP contribution in [-0.2, 0) is 6.42 Å². The Morgan fingerprint density at radius 3 is 3.17 bits per heavy atom. The summed E-state index contributed by atoms with van der Waals surface area (Å²) in [5.41, 5.74) is 2.92. The summed E-state index contributed by atoms with van der Waals surface area (Å²) in [5, 5.41) is 13.0. The number of hydrogen-bond donors (Lipinski definition) is 3. The smallest absolute Gasteiger partial charge is 0.109 e. The first-order valence-electron chi connectivity index (χ1n) is 7.06. The van der Waals surface area contributed by atoms with E-state index < -0.39 is 0 Å². The Hall–Kier alpha value is -1.00. The molecule has 18 heavy (non-hydrogen) atoms. The third-order valence-electron chi connectivity index (χ3n) is 4.48. The van der Waals surface area contributed by atoms with Gasteiger partial charge in [-0.25, -0.2) is 0 Å². The topological polar surface area (TPSA) is 51.3 Å². The van der Waals surface area contributed by atoms with Crippen molar-refractivity contribution in [1.82, 2.24) is 10.3 Å². The molecule has 0 spiro atoms. The zero-order chi connectivity index (χ0) is 12.5. The molecule has 100 valence electrons. The summed E-state index contributed by atoms with van der Waals surface area (Å²) in [7, 11) is 2.15. The molecule has 0 radical (unpaired) electrons. The van der Waals surface area contributed by atoms with Gasteiger partial charge in [0.2, 0.25) is 0 Å². The van der Waals surface area contributed by atoms with Crippen LogP contribution in [0.1, 0.15) is 36.3 Å². The van der Waals surface area contributed by atoms with E-state index in [0.717, 1.165) is 13.1 Å². The standard InChI is InChI=1S/C14H23N3O/c1-17-7-3-5-11-12(8-16-14(11)17)10-4-2-6-15-13(10)9-18/h8,10,13,15-16,18H,2-7,9H2,1H3. The van der Waals surface area contributed by atoms with Gasteiger partial charge in [-0.1, -0.05) is 0 Å². The van der Waals surface area contributed by atoms with Gasteiger partial charge in [0.15, 0.2) is 0 Å². The van der Waals surface area contributed by atoms with Crippen LogP contribution < -0.4 is 10.2 Å². The first-order valence-corrected chi connectivity index (χ1v) is 7.06. The van der Waals surface area contributed by atoms with Crippen LogP contribution in [0.25, 0.3) is 0 Å². The number of aliphatic hydroxyl groups excluding tert-OH is 1. The van der Waals surface area contributed by atoms with Gasteiger partial charge < -0.3 is 20.3 Å². The fraction of sp³-hybridized carbons (Fsp3) is 0.714. The zero-order valence-electron chi connectivity index (χ0n) is 11.1. The zero-order valence-corrected chi connectivity index (χ0v) is 11.1. The quantitative estimate of drug-likeness (QED) is 0.739. The minimum absolute atomic E-state index is 0.228. The molecule has 0 saturated carbocycles. The van der Waals surface area contributed by atoms with Gasteiger partial charge in [-0.2, -0.15) is 0 Å². The van der Waals surface area contributed by atoms with Crippen LogP contribution in [0.15, 0.2) is 6.20 Å². The van der Waals surface area contributed by atoms with Crippen molar-refractivity contribution in [2.75, 3.05) is 31.6 Å². The van der Waals surface area contributed by atoms with Gasteiger partial charge in [-0.15, -0.1) is 0 Å². The Kier molecular flexibility index (Phi) is 3.31. The Morgan fingerprint density at radius 2 is 2.33 bits per heavy atom. The maximum Gasteiger partial charge on any atom is 0.109 e. The highest BCUT2D eigenvalue weighted by atomic mass is 16.3. The molecular formula is C14H23N3O. The van der Waals surface area contributed by atoms with Gasteiger partial charge in [0.25, 0.3) is 0 Å². The average Bonchev–Trinajstić information content (AvgIpc) is 2.84. The lowest BCUT2D eigenvalue weighted by Crippen LogP contribution is -2.42. The fourth-order valence-electron chi connectivity index (χ4n) is 3.51. The minimum Gasteiger partial charge on any atom is -0.395 e. The van der Waals surface area contributed by atoms with Crippen LogP contribution in [-0.4, -0.2) is 42.9 Å². The molecule has 1 fully saturated rings. The average molecular weight is 249 g/mol. The third kappa shape index (κ3) is 1.93. The number of H-pyrrole nitrogens is 1. The second kappa shape index (κ2) is 4.94. The number of rotatable bonds is 2. The van der Waals surface area contributed by atoms with Crippen molar-refractivity contribution >= 4 is 5.82 Å². The van der Waals surface area contributed by atoms with Crippen molar-refractivity contribution in [3.63, 3.8) is 0 Å². The van der Waals surface area contributed by atoms with Crippen molar-refractivity contribution in [2.24, 2.45) is 0 Å². The normalized spacial score (nSPS) is 28.2. The fourth-order valence-corrected chi connectivity index (χ4v) is 3.51. The summed E-state index contributed by atoms with van der Waals surface area (Å²) in [4.78, 5) is 5.75. The number of nitrogens with one attached hydrogen (secondary N) is 2. The molecule has 0 amide bonds. The number of nitrogens with zero attached hydrogens (tertiary/aromatic N) is 1. The highest BCUT2D eigenvalue weighted by Gasteiger charge is 2.30. The Bertz CT molecular complexity index is 415. The van der Waals surface area contributed by atoms with Crippen molar-refractivity contribution in [1.29, 1.82) is 0 Å². The lowest BCUT2D eigenvalue weighted by atomic mass is 9.83. The molecule has 4 nitrogen and oxygen atoms in total. The molecule has 2 aliphatic rings. The molecule has 2 atom stereocenters. The second-order valence-electron chi connectivity index (χ2n) is 5.59. The first-order chi connectivity index (χ1) is 8.81. The van der Waals surface area contributed by atoms with E-state index in [2.05, 4.69) is 28.4 Å². The first kappa shape index (κ1) is 12.1. The van der Waals surface area contributed by atoms with Crippen LogP contribution in [0, 0.1) is 0 Å². The molecular weight excluding hydrogens is 226 g/mol. The van der Waals surface area contributed by atoms with Crippen LogP contribution in [0.4, 0.5) is 5.82 Å². The lowest BCUT2D eigenvalue weighted by molar-refractivity contribution is 0.201. The van der Waals surface area contributed by atoms with Gasteiger partial charge in [0, 0.05) is 31.7 Å². The van der Waals surface area contributed by atoms with E-state index in [1.807, 2.05) is 0 Å². The van der Waals surface area contributed by atoms with E-state index in [9.17, 15) is 5.11 Å². The van der Waals surface area contributed by atoms with Gasteiger partial charge in [0.1, 0.15) is 5.82 Å². The van der Waals surface area contributed by atoms with Gasteiger partial charge in [-0.3, -0.25) is 0 Å².